The van der Waals surface area contributed by atoms with Crippen molar-refractivity contribution in [3.05, 3.63) is 41.7 Å². The monoisotopic (exact) mass is 331 g/mol. The van der Waals surface area contributed by atoms with Gasteiger partial charge in [-0.05, 0) is 19.1 Å². The van der Waals surface area contributed by atoms with E-state index in [9.17, 15) is 9.59 Å². The Morgan fingerprint density at radius 2 is 2.00 bits per heavy atom. The minimum Gasteiger partial charge on any atom is -0.495 e. The van der Waals surface area contributed by atoms with Crippen LogP contribution in [-0.2, 0) is 9.59 Å². The molecule has 1 aromatic rings. The third kappa shape index (κ3) is 3.75. The molecular weight excluding hydrogens is 310 g/mol. The van der Waals surface area contributed by atoms with Gasteiger partial charge in [-0.2, -0.15) is 0 Å². The van der Waals surface area contributed by atoms with Gasteiger partial charge in [0.05, 0.1) is 30.8 Å². The maximum absolute atomic E-state index is 12.3. The molecule has 0 aliphatic heterocycles. The van der Waals surface area contributed by atoms with E-state index in [0.717, 1.165) is 0 Å². The number of rotatable bonds is 7. The Balaban J connectivity index is 2.20. The Hall–Kier alpha value is -2.80. The number of nitrogens with two attached hydrogens (primary N) is 1. The van der Waals surface area contributed by atoms with Crippen molar-refractivity contribution >= 4 is 22.9 Å². The molecule has 128 valence electrons. The van der Waals surface area contributed by atoms with Crippen molar-refractivity contribution in [3.8, 4) is 5.75 Å². The molecule has 1 aliphatic rings. The molecule has 4 N–H and O–H groups in total. The molecule has 1 aromatic carbocycles. The van der Waals surface area contributed by atoms with Crippen LogP contribution in [0.25, 0.3) is 0 Å². The molecule has 24 heavy (non-hydrogen) atoms. The molecule has 1 aliphatic carbocycles. The van der Waals surface area contributed by atoms with Gasteiger partial charge in [0, 0.05) is 37.0 Å². The third-order valence-corrected chi connectivity index (χ3v) is 3.67. The number of anilines is 2. The van der Waals surface area contributed by atoms with Crippen molar-refractivity contribution in [3.63, 3.8) is 0 Å². The quantitative estimate of drug-likeness (QED) is 0.504. The molecule has 0 fully saturated rings. The van der Waals surface area contributed by atoms with Crippen LogP contribution in [0.15, 0.2) is 41.7 Å². The van der Waals surface area contributed by atoms with Gasteiger partial charge in [-0.25, -0.2) is 0 Å². The van der Waals surface area contributed by atoms with Crippen LogP contribution in [0.5, 0.6) is 5.75 Å². The Kier molecular flexibility index (Phi) is 5.59. The normalized spacial score (nSPS) is 14.1. The van der Waals surface area contributed by atoms with Crippen molar-refractivity contribution in [2.24, 2.45) is 0 Å². The molecule has 0 saturated carbocycles. The first-order chi connectivity index (χ1) is 11.5. The summed E-state index contributed by atoms with van der Waals surface area (Å²) >= 11 is 0. The number of aliphatic hydroxyl groups excluding tert-OH is 1. The minimum absolute atomic E-state index is 0.0906. The second-order valence-electron chi connectivity index (χ2n) is 5.20. The van der Waals surface area contributed by atoms with Crippen molar-refractivity contribution in [1.29, 1.82) is 0 Å². The fraction of sp³-hybridized carbons (Fsp3) is 0.294. The lowest BCUT2D eigenvalue weighted by Crippen LogP contribution is -2.33. The van der Waals surface area contributed by atoms with Gasteiger partial charge in [0.2, 0.25) is 11.6 Å². The molecule has 0 atom stereocenters. The fourth-order valence-corrected chi connectivity index (χ4v) is 2.41. The largest absolute Gasteiger partial charge is 0.495 e. The number of likely N-dealkylation sites (N-methyl/N-ethyl adjacent to an activating group) is 1. The van der Waals surface area contributed by atoms with E-state index in [2.05, 4.69) is 5.32 Å². The maximum atomic E-state index is 12.3. The van der Waals surface area contributed by atoms with Crippen LogP contribution in [0, 0.1) is 0 Å². The van der Waals surface area contributed by atoms with E-state index in [1.807, 2.05) is 6.92 Å². The highest BCUT2D eigenvalue weighted by atomic mass is 16.5. The first kappa shape index (κ1) is 17.6. The number of allylic oxidation sites excluding steroid dienone is 2. The molecule has 7 heteroatoms. The Bertz CT molecular complexity index is 710. The first-order valence-electron chi connectivity index (χ1n) is 7.58. The number of hydrogen-bond donors (Lipinski definition) is 3. The van der Waals surface area contributed by atoms with E-state index in [1.54, 1.807) is 23.1 Å². The predicted molar refractivity (Wildman–Crippen MR) is 91.5 cm³/mol. The molecule has 2 rings (SSSR count). The van der Waals surface area contributed by atoms with Crippen LogP contribution in [-0.4, -0.2) is 48.4 Å². The molecular formula is C17H21N3O4. The average molecular weight is 331 g/mol. The zero-order chi connectivity index (χ0) is 17.7. The molecule has 0 amide bonds. The van der Waals surface area contributed by atoms with Crippen LogP contribution >= 0.6 is 0 Å². The van der Waals surface area contributed by atoms with Gasteiger partial charge in [0.25, 0.3) is 0 Å². The van der Waals surface area contributed by atoms with Crippen molar-refractivity contribution in [2.75, 3.05) is 37.9 Å². The van der Waals surface area contributed by atoms with E-state index in [-0.39, 0.29) is 29.6 Å². The number of carbonyl (C=O) groups excluding carboxylic acids is 2. The summed E-state index contributed by atoms with van der Waals surface area (Å²) in [7, 11) is 1.50. The summed E-state index contributed by atoms with van der Waals surface area (Å²) in [6.45, 7) is 2.59. The summed E-state index contributed by atoms with van der Waals surface area (Å²) < 4.78 is 5.13. The summed E-state index contributed by atoms with van der Waals surface area (Å²) in [5.41, 5.74) is 7.29. The molecule has 0 heterocycles. The highest BCUT2D eigenvalue weighted by Crippen LogP contribution is 2.26. The fourth-order valence-electron chi connectivity index (χ4n) is 2.41. The Morgan fingerprint density at radius 3 is 2.62 bits per heavy atom. The standard InChI is InChI=1S/C17H21N3O4/c1-3-20(6-7-21)14-10-15(22)13(9-16(14)23)19-11-4-5-12(18)17(8-11)24-2/h4-5,8-10,19,21H,3,6-7,18H2,1-2H3. The van der Waals surface area contributed by atoms with Gasteiger partial charge in [-0.15, -0.1) is 0 Å². The number of nitrogens with one attached hydrogen (secondary N) is 1. The van der Waals surface area contributed by atoms with Gasteiger partial charge in [-0.3, -0.25) is 9.59 Å². The lowest BCUT2D eigenvalue weighted by molar-refractivity contribution is -0.116. The highest BCUT2D eigenvalue weighted by molar-refractivity contribution is 6.20. The first-order valence-corrected chi connectivity index (χ1v) is 7.58. The number of nitrogens with zero attached hydrogens (tertiary/aromatic N) is 1. The number of carbonyl (C=O) groups is 2. The lowest BCUT2D eigenvalue weighted by Gasteiger charge is -2.25. The smallest absolute Gasteiger partial charge is 0.204 e. The van der Waals surface area contributed by atoms with Crippen molar-refractivity contribution in [1.82, 2.24) is 4.90 Å². The van der Waals surface area contributed by atoms with E-state index < -0.39 is 0 Å². The lowest BCUT2D eigenvalue weighted by atomic mass is 10.0. The molecule has 0 aromatic heterocycles. The molecule has 0 radical (unpaired) electrons. The number of ketones is 2. The highest BCUT2D eigenvalue weighted by Gasteiger charge is 2.24. The second-order valence-corrected chi connectivity index (χ2v) is 5.20. The molecule has 0 unspecified atom stereocenters. The van der Waals surface area contributed by atoms with Gasteiger partial charge < -0.3 is 25.8 Å². The van der Waals surface area contributed by atoms with Crippen LogP contribution in [0.2, 0.25) is 0 Å². The van der Waals surface area contributed by atoms with E-state index >= 15 is 0 Å². The summed E-state index contributed by atoms with van der Waals surface area (Å²) in [5, 5.41) is 12.0. The van der Waals surface area contributed by atoms with Crippen LogP contribution < -0.4 is 15.8 Å². The molecule has 0 saturated heterocycles. The number of methoxy groups -OCH3 is 1. The molecule has 7 nitrogen and oxygen atoms in total. The van der Waals surface area contributed by atoms with Gasteiger partial charge >= 0.3 is 0 Å². The van der Waals surface area contributed by atoms with E-state index in [0.29, 0.717) is 30.2 Å². The van der Waals surface area contributed by atoms with Crippen molar-refractivity contribution < 1.29 is 19.4 Å². The average Bonchev–Trinajstić information content (AvgIpc) is 2.57. The zero-order valence-corrected chi connectivity index (χ0v) is 13.7. The maximum Gasteiger partial charge on any atom is 0.204 e. The van der Waals surface area contributed by atoms with E-state index in [1.165, 1.54) is 19.3 Å². The third-order valence-electron chi connectivity index (χ3n) is 3.67. The SMILES string of the molecule is CCN(CCO)C1=CC(=O)C(Nc2ccc(N)c(OC)c2)=CC1=O. The second kappa shape index (κ2) is 7.65. The number of hydrogen-bond acceptors (Lipinski definition) is 7. The summed E-state index contributed by atoms with van der Waals surface area (Å²) in [5.74, 6) is -0.113. The van der Waals surface area contributed by atoms with Gasteiger partial charge in [0.1, 0.15) is 5.75 Å². The minimum atomic E-state index is -0.309. The van der Waals surface area contributed by atoms with E-state index in [4.69, 9.17) is 15.6 Å². The number of aliphatic hydroxyl groups is 1. The van der Waals surface area contributed by atoms with Gasteiger partial charge in [-0.1, -0.05) is 0 Å². The van der Waals surface area contributed by atoms with Gasteiger partial charge in [0.15, 0.2) is 0 Å². The summed E-state index contributed by atoms with van der Waals surface area (Å²) in [4.78, 5) is 26.3. The number of ether oxygens (including phenoxy) is 1. The summed E-state index contributed by atoms with van der Waals surface area (Å²) in [6.07, 6.45) is 2.55. The summed E-state index contributed by atoms with van der Waals surface area (Å²) in [6, 6.07) is 5.00. The van der Waals surface area contributed by atoms with Crippen LogP contribution in [0.1, 0.15) is 6.92 Å². The zero-order valence-electron chi connectivity index (χ0n) is 13.7. The molecule has 0 bridgehead atoms. The van der Waals surface area contributed by atoms with Crippen LogP contribution in [0.3, 0.4) is 0 Å². The number of nitrogen functional groups attached to an aromatic ring is 1. The molecule has 0 spiro atoms. The topological polar surface area (TPSA) is 105 Å². The van der Waals surface area contributed by atoms with Crippen molar-refractivity contribution in [2.45, 2.75) is 6.92 Å². The Morgan fingerprint density at radius 1 is 1.25 bits per heavy atom. The predicted octanol–water partition coefficient (Wildman–Crippen LogP) is 0.923. The number of benzene rings is 1. The van der Waals surface area contributed by atoms with Crippen LogP contribution in [0.4, 0.5) is 11.4 Å². The Labute approximate surface area is 140 Å².